The maximum Gasteiger partial charge on any atom is 0.446 e. The van der Waals surface area contributed by atoms with Crippen molar-refractivity contribution < 1.29 is 13.2 Å². The summed E-state index contributed by atoms with van der Waals surface area (Å²) in [6.07, 6.45) is 0. The summed E-state index contributed by atoms with van der Waals surface area (Å²) < 4.78 is 36.6. The minimum absolute atomic E-state index is 0.0869. The van der Waals surface area contributed by atoms with E-state index in [9.17, 15) is 13.2 Å². The van der Waals surface area contributed by atoms with Gasteiger partial charge in [0.15, 0.2) is 0 Å². The fourth-order valence-corrected chi connectivity index (χ4v) is 3.02. The molecule has 108 valence electrons. The van der Waals surface area contributed by atoms with E-state index in [-0.39, 0.29) is 22.7 Å². The van der Waals surface area contributed by atoms with Crippen LogP contribution in [0.4, 0.5) is 13.2 Å². The highest BCUT2D eigenvalue weighted by Crippen LogP contribution is 2.36. The van der Waals surface area contributed by atoms with Gasteiger partial charge in [0.2, 0.25) is 0 Å². The van der Waals surface area contributed by atoms with Gasteiger partial charge in [0.1, 0.15) is 0 Å². The highest BCUT2D eigenvalue weighted by Gasteiger charge is 2.28. The summed E-state index contributed by atoms with van der Waals surface area (Å²) >= 11 is 1.60. The Morgan fingerprint density at radius 2 is 1.90 bits per heavy atom. The first-order valence-electron chi connectivity index (χ1n) is 6.05. The lowest BCUT2D eigenvalue weighted by Gasteiger charge is -2.12. The Kier molecular flexibility index (Phi) is 5.12. The molecule has 0 aliphatic carbocycles. The number of hydrogen-bond acceptors (Lipinski definition) is 3. The average Bonchev–Trinajstić information content (AvgIpc) is 2.89. The normalized spacial score (nSPS) is 13.4. The van der Waals surface area contributed by atoms with Gasteiger partial charge in [-0.05, 0) is 47.8 Å². The van der Waals surface area contributed by atoms with Crippen molar-refractivity contribution in [3.63, 3.8) is 0 Å². The van der Waals surface area contributed by atoms with E-state index in [1.807, 2.05) is 11.4 Å². The van der Waals surface area contributed by atoms with Crippen molar-refractivity contribution in [1.82, 2.24) is 5.32 Å². The average molecular weight is 317 g/mol. The van der Waals surface area contributed by atoms with Crippen LogP contribution in [-0.4, -0.2) is 5.51 Å². The lowest BCUT2D eigenvalue weighted by atomic mass is 10.2. The summed E-state index contributed by atoms with van der Waals surface area (Å²) in [5.74, 6) is 0. The maximum absolute atomic E-state index is 12.2. The Morgan fingerprint density at radius 1 is 1.20 bits per heavy atom. The van der Waals surface area contributed by atoms with Gasteiger partial charge < -0.3 is 5.32 Å². The second-order valence-corrected chi connectivity index (χ2v) is 6.43. The van der Waals surface area contributed by atoms with Crippen LogP contribution < -0.4 is 5.32 Å². The standard InChI is InChI=1S/C14H14F3NS2/c1-10(13-3-2-8-19-13)18-9-11-4-6-12(7-5-11)20-14(15,16)17/h2-8,10,18H,9H2,1H3. The van der Waals surface area contributed by atoms with Crippen LogP contribution in [0.2, 0.25) is 0 Å². The molecule has 20 heavy (non-hydrogen) atoms. The van der Waals surface area contributed by atoms with Crippen LogP contribution in [0.1, 0.15) is 23.4 Å². The van der Waals surface area contributed by atoms with E-state index >= 15 is 0 Å². The van der Waals surface area contributed by atoms with Crippen molar-refractivity contribution in [2.24, 2.45) is 0 Å². The van der Waals surface area contributed by atoms with E-state index in [2.05, 4.69) is 18.3 Å². The van der Waals surface area contributed by atoms with E-state index in [1.54, 1.807) is 23.5 Å². The topological polar surface area (TPSA) is 12.0 Å². The van der Waals surface area contributed by atoms with Gasteiger partial charge in [0.05, 0.1) is 0 Å². The van der Waals surface area contributed by atoms with Gasteiger partial charge in [-0.1, -0.05) is 18.2 Å². The highest BCUT2D eigenvalue weighted by atomic mass is 32.2. The van der Waals surface area contributed by atoms with Gasteiger partial charge in [0, 0.05) is 22.4 Å². The molecule has 0 amide bonds. The lowest BCUT2D eigenvalue weighted by molar-refractivity contribution is -0.0328. The summed E-state index contributed by atoms with van der Waals surface area (Å²) in [5, 5.41) is 5.37. The van der Waals surface area contributed by atoms with Crippen molar-refractivity contribution in [3.05, 3.63) is 52.2 Å². The molecule has 1 aromatic carbocycles. The molecule has 6 heteroatoms. The summed E-state index contributed by atoms with van der Waals surface area (Å²) in [6.45, 7) is 2.70. The second kappa shape index (κ2) is 6.65. The zero-order chi connectivity index (χ0) is 14.6. The van der Waals surface area contributed by atoms with Gasteiger partial charge in [-0.2, -0.15) is 13.2 Å². The fraction of sp³-hybridized carbons (Fsp3) is 0.286. The first-order valence-corrected chi connectivity index (χ1v) is 7.75. The van der Waals surface area contributed by atoms with Crippen LogP contribution in [0.25, 0.3) is 0 Å². The van der Waals surface area contributed by atoms with Crippen LogP contribution in [0.15, 0.2) is 46.7 Å². The van der Waals surface area contributed by atoms with Gasteiger partial charge in [-0.25, -0.2) is 0 Å². The van der Waals surface area contributed by atoms with Gasteiger partial charge in [-0.15, -0.1) is 11.3 Å². The zero-order valence-electron chi connectivity index (χ0n) is 10.8. The van der Waals surface area contributed by atoms with E-state index < -0.39 is 5.51 Å². The van der Waals surface area contributed by atoms with Crippen molar-refractivity contribution in [2.75, 3.05) is 0 Å². The molecular formula is C14H14F3NS2. The molecule has 1 atom stereocenters. The quantitative estimate of drug-likeness (QED) is 0.760. The molecule has 0 fully saturated rings. The molecule has 0 saturated heterocycles. The zero-order valence-corrected chi connectivity index (χ0v) is 12.4. The van der Waals surface area contributed by atoms with Crippen LogP contribution in [0.3, 0.4) is 0 Å². The number of hydrogen-bond donors (Lipinski definition) is 1. The van der Waals surface area contributed by atoms with Crippen LogP contribution in [-0.2, 0) is 6.54 Å². The fourth-order valence-electron chi connectivity index (χ4n) is 1.72. The number of thioether (sulfide) groups is 1. The predicted molar refractivity (Wildman–Crippen MR) is 77.9 cm³/mol. The van der Waals surface area contributed by atoms with E-state index in [0.717, 1.165) is 5.56 Å². The SMILES string of the molecule is CC(NCc1ccc(SC(F)(F)F)cc1)c1cccs1. The van der Waals surface area contributed by atoms with Crippen LogP contribution in [0.5, 0.6) is 0 Å². The molecule has 1 N–H and O–H groups in total. The Labute approximate surface area is 124 Å². The Bertz CT molecular complexity index is 520. The Hall–Kier alpha value is -0.980. The molecule has 0 bridgehead atoms. The molecule has 1 aromatic heterocycles. The highest BCUT2D eigenvalue weighted by molar-refractivity contribution is 8.00. The summed E-state index contributed by atoms with van der Waals surface area (Å²) in [7, 11) is 0. The number of halogens is 3. The molecule has 2 rings (SSSR count). The maximum atomic E-state index is 12.2. The number of rotatable bonds is 5. The first kappa shape index (κ1) is 15.4. The van der Waals surface area contributed by atoms with Crippen molar-refractivity contribution in [3.8, 4) is 0 Å². The largest absolute Gasteiger partial charge is 0.446 e. The van der Waals surface area contributed by atoms with E-state index in [4.69, 9.17) is 0 Å². The van der Waals surface area contributed by atoms with Gasteiger partial charge in [0.25, 0.3) is 0 Å². The van der Waals surface area contributed by atoms with Crippen molar-refractivity contribution in [2.45, 2.75) is 29.9 Å². The predicted octanol–water partition coefficient (Wildman–Crippen LogP) is 5.21. The number of alkyl halides is 3. The molecule has 0 saturated carbocycles. The minimum Gasteiger partial charge on any atom is -0.305 e. The van der Waals surface area contributed by atoms with Crippen molar-refractivity contribution in [1.29, 1.82) is 0 Å². The van der Waals surface area contributed by atoms with Crippen LogP contribution in [0, 0.1) is 0 Å². The Balaban J connectivity index is 1.88. The molecule has 0 aliphatic heterocycles. The summed E-state index contributed by atoms with van der Waals surface area (Å²) in [6, 6.07) is 10.8. The minimum atomic E-state index is -4.23. The van der Waals surface area contributed by atoms with E-state index in [1.165, 1.54) is 17.0 Å². The molecule has 1 unspecified atom stereocenters. The van der Waals surface area contributed by atoms with Gasteiger partial charge in [-0.3, -0.25) is 0 Å². The molecule has 0 aliphatic rings. The number of benzene rings is 1. The third kappa shape index (κ3) is 4.85. The van der Waals surface area contributed by atoms with Crippen molar-refractivity contribution >= 4 is 23.1 Å². The Morgan fingerprint density at radius 3 is 2.45 bits per heavy atom. The van der Waals surface area contributed by atoms with Crippen LogP contribution >= 0.6 is 23.1 Å². The number of thiophene rings is 1. The van der Waals surface area contributed by atoms with E-state index in [0.29, 0.717) is 6.54 Å². The van der Waals surface area contributed by atoms with Gasteiger partial charge >= 0.3 is 5.51 Å². The smallest absolute Gasteiger partial charge is 0.305 e. The summed E-state index contributed by atoms with van der Waals surface area (Å²) in [5.41, 5.74) is -3.26. The molecule has 1 heterocycles. The first-order chi connectivity index (χ1) is 9.44. The second-order valence-electron chi connectivity index (χ2n) is 4.31. The molecule has 0 spiro atoms. The monoisotopic (exact) mass is 317 g/mol. The lowest BCUT2D eigenvalue weighted by Crippen LogP contribution is -2.17. The molecular weight excluding hydrogens is 303 g/mol. The third-order valence-electron chi connectivity index (χ3n) is 2.74. The third-order valence-corrected chi connectivity index (χ3v) is 4.53. The molecule has 2 aromatic rings. The molecule has 1 nitrogen and oxygen atoms in total. The number of nitrogens with one attached hydrogen (secondary N) is 1. The molecule has 0 radical (unpaired) electrons. The summed E-state index contributed by atoms with van der Waals surface area (Å²) in [4.78, 5) is 1.46.